The van der Waals surface area contributed by atoms with E-state index in [1.807, 2.05) is 0 Å². The van der Waals surface area contributed by atoms with Gasteiger partial charge in [0.05, 0.1) is 18.8 Å². The van der Waals surface area contributed by atoms with E-state index in [2.05, 4.69) is 4.98 Å². The first-order valence-electron chi connectivity index (χ1n) is 8.47. The number of rotatable bonds is 10. The Labute approximate surface area is 181 Å². The normalized spacial score (nSPS) is 11.1. The van der Waals surface area contributed by atoms with Crippen molar-refractivity contribution in [3.8, 4) is 17.4 Å². The van der Waals surface area contributed by atoms with Gasteiger partial charge in [-0.2, -0.15) is 13.2 Å². The third kappa shape index (κ3) is 9.02. The highest BCUT2D eigenvalue weighted by Crippen LogP contribution is 2.30. The lowest BCUT2D eigenvalue weighted by Crippen LogP contribution is -2.07. The molecular formula is C19H17Cl3F3NO3. The molecule has 0 bridgehead atoms. The van der Waals surface area contributed by atoms with Crippen molar-refractivity contribution in [2.24, 2.45) is 0 Å². The van der Waals surface area contributed by atoms with Crippen molar-refractivity contribution in [1.29, 1.82) is 0 Å². The fourth-order valence-electron chi connectivity index (χ4n) is 2.14. The average Bonchev–Trinajstić information content (AvgIpc) is 2.63. The minimum Gasteiger partial charge on any atom is -0.493 e. The summed E-state index contributed by atoms with van der Waals surface area (Å²) in [5.41, 5.74) is -0.798. The lowest BCUT2D eigenvalue weighted by Gasteiger charge is -2.11. The van der Waals surface area contributed by atoms with Gasteiger partial charge in [-0.15, -0.1) is 0 Å². The van der Waals surface area contributed by atoms with Crippen molar-refractivity contribution in [3.05, 3.63) is 57.7 Å². The van der Waals surface area contributed by atoms with Gasteiger partial charge in [-0.05, 0) is 37.1 Å². The van der Waals surface area contributed by atoms with Crippen LogP contribution in [0.4, 0.5) is 13.2 Å². The number of hydrogen-bond donors (Lipinski definition) is 0. The molecule has 0 fully saturated rings. The first-order chi connectivity index (χ1) is 13.7. The smallest absolute Gasteiger partial charge is 0.416 e. The predicted molar refractivity (Wildman–Crippen MR) is 106 cm³/mol. The van der Waals surface area contributed by atoms with Crippen LogP contribution in [0.1, 0.15) is 18.4 Å². The summed E-state index contributed by atoms with van der Waals surface area (Å²) in [5, 5.41) is 0.442. The Morgan fingerprint density at radius 1 is 0.966 bits per heavy atom. The number of halogens is 6. The van der Waals surface area contributed by atoms with Crippen LogP contribution in [0.25, 0.3) is 0 Å². The van der Waals surface area contributed by atoms with Gasteiger partial charge in [0.1, 0.15) is 22.6 Å². The Bertz CT molecular complexity index is 828. The quantitative estimate of drug-likeness (QED) is 0.363. The minimum atomic E-state index is -4.43. The zero-order valence-corrected chi connectivity index (χ0v) is 17.3. The molecular weight excluding hydrogens is 454 g/mol. The molecule has 1 aromatic carbocycles. The Balaban J connectivity index is 1.73. The van der Waals surface area contributed by atoms with Crippen molar-refractivity contribution in [3.63, 3.8) is 0 Å². The monoisotopic (exact) mass is 469 g/mol. The molecule has 158 valence electrons. The SMILES string of the molecule is FC(F)(F)c1ccnc(OCCCCOc2cc(Cl)cc(OCC=C(Cl)Cl)c2)c1. The van der Waals surface area contributed by atoms with E-state index in [9.17, 15) is 13.2 Å². The molecule has 29 heavy (non-hydrogen) atoms. The van der Waals surface area contributed by atoms with Crippen LogP contribution >= 0.6 is 34.8 Å². The molecule has 0 N–H and O–H groups in total. The van der Waals surface area contributed by atoms with Crippen molar-refractivity contribution in [1.82, 2.24) is 4.98 Å². The maximum atomic E-state index is 12.6. The molecule has 0 atom stereocenters. The average molecular weight is 471 g/mol. The summed E-state index contributed by atoms with van der Waals surface area (Å²) in [5.74, 6) is 0.953. The highest BCUT2D eigenvalue weighted by molar-refractivity contribution is 6.55. The summed E-state index contributed by atoms with van der Waals surface area (Å²) in [6.45, 7) is 0.767. The molecule has 0 aliphatic carbocycles. The summed E-state index contributed by atoms with van der Waals surface area (Å²) >= 11 is 17.1. The predicted octanol–water partition coefficient (Wildman–Crippen LogP) is 6.69. The van der Waals surface area contributed by atoms with Gasteiger partial charge >= 0.3 is 6.18 Å². The molecule has 1 heterocycles. The molecule has 2 rings (SSSR count). The van der Waals surface area contributed by atoms with Crippen LogP contribution in [0.5, 0.6) is 17.4 Å². The molecule has 0 radical (unpaired) electrons. The number of hydrogen-bond acceptors (Lipinski definition) is 4. The van der Waals surface area contributed by atoms with Gasteiger partial charge in [0.15, 0.2) is 0 Å². The van der Waals surface area contributed by atoms with Gasteiger partial charge in [0.25, 0.3) is 0 Å². The Hall–Kier alpha value is -1.83. The highest BCUT2D eigenvalue weighted by Gasteiger charge is 2.30. The number of aromatic nitrogens is 1. The van der Waals surface area contributed by atoms with E-state index >= 15 is 0 Å². The Kier molecular flexibility index (Phi) is 9.20. The summed E-state index contributed by atoms with van der Waals surface area (Å²) in [4.78, 5) is 3.77. The van der Waals surface area contributed by atoms with E-state index < -0.39 is 11.7 Å². The number of benzene rings is 1. The number of pyridine rings is 1. The van der Waals surface area contributed by atoms with E-state index in [1.54, 1.807) is 18.2 Å². The summed E-state index contributed by atoms with van der Waals surface area (Å²) in [7, 11) is 0. The number of nitrogens with zero attached hydrogens (tertiary/aromatic N) is 1. The second-order valence-electron chi connectivity index (χ2n) is 5.71. The molecule has 0 saturated carbocycles. The summed E-state index contributed by atoms with van der Waals surface area (Å²) < 4.78 is 54.4. The molecule has 4 nitrogen and oxygen atoms in total. The van der Waals surface area contributed by atoms with Crippen LogP contribution in [0.2, 0.25) is 5.02 Å². The highest BCUT2D eigenvalue weighted by atomic mass is 35.5. The molecule has 0 spiro atoms. The molecule has 0 aliphatic heterocycles. The van der Waals surface area contributed by atoms with E-state index in [-0.39, 0.29) is 23.6 Å². The lowest BCUT2D eigenvalue weighted by atomic mass is 10.2. The van der Waals surface area contributed by atoms with Crippen LogP contribution in [0, 0.1) is 0 Å². The van der Waals surface area contributed by atoms with Crippen molar-refractivity contribution < 1.29 is 27.4 Å². The fourth-order valence-corrected chi connectivity index (χ4v) is 2.48. The summed E-state index contributed by atoms with van der Waals surface area (Å²) in [6, 6.07) is 6.70. The largest absolute Gasteiger partial charge is 0.493 e. The Morgan fingerprint density at radius 2 is 1.62 bits per heavy atom. The van der Waals surface area contributed by atoms with Gasteiger partial charge in [0.2, 0.25) is 5.88 Å². The first-order valence-corrected chi connectivity index (χ1v) is 9.61. The molecule has 1 aromatic heterocycles. The van der Waals surface area contributed by atoms with Crippen LogP contribution in [0.15, 0.2) is 47.1 Å². The Morgan fingerprint density at radius 3 is 2.28 bits per heavy atom. The van der Waals surface area contributed by atoms with Crippen molar-refractivity contribution in [2.45, 2.75) is 19.0 Å². The second-order valence-corrected chi connectivity index (χ2v) is 7.16. The third-order valence-corrected chi connectivity index (χ3v) is 3.98. The van der Waals surface area contributed by atoms with E-state index in [0.717, 1.165) is 18.3 Å². The van der Waals surface area contributed by atoms with E-state index in [1.165, 1.54) is 6.08 Å². The van der Waals surface area contributed by atoms with Crippen LogP contribution in [0.3, 0.4) is 0 Å². The molecule has 2 aromatic rings. The number of unbranched alkanes of at least 4 members (excludes halogenated alkanes) is 1. The molecule has 0 saturated heterocycles. The standard InChI is InChI=1S/C19H17Cl3F3NO3/c20-14-10-15(12-16(11-14)28-8-4-17(21)22)27-6-1-2-7-29-18-9-13(3-5-26-18)19(23,24)25/h3-5,9-12H,1-2,6-8H2. The second kappa shape index (κ2) is 11.4. The number of alkyl halides is 3. The first kappa shape index (κ1) is 23.4. The van der Waals surface area contributed by atoms with Crippen molar-refractivity contribution >= 4 is 34.8 Å². The topological polar surface area (TPSA) is 40.6 Å². The van der Waals surface area contributed by atoms with Crippen LogP contribution in [-0.2, 0) is 6.18 Å². The van der Waals surface area contributed by atoms with Crippen LogP contribution < -0.4 is 14.2 Å². The van der Waals surface area contributed by atoms with E-state index in [4.69, 9.17) is 49.0 Å². The zero-order valence-electron chi connectivity index (χ0n) is 15.0. The lowest BCUT2D eigenvalue weighted by molar-refractivity contribution is -0.137. The van der Waals surface area contributed by atoms with Gasteiger partial charge in [-0.25, -0.2) is 4.98 Å². The van der Waals surface area contributed by atoms with Gasteiger partial charge in [0, 0.05) is 23.4 Å². The fraction of sp³-hybridized carbons (Fsp3) is 0.316. The molecule has 10 heteroatoms. The number of ether oxygens (including phenoxy) is 3. The minimum absolute atomic E-state index is 0.0662. The molecule has 0 amide bonds. The molecule has 0 unspecified atom stereocenters. The molecule has 0 aliphatic rings. The zero-order chi connectivity index (χ0) is 21.3. The van der Waals surface area contributed by atoms with Crippen LogP contribution in [-0.4, -0.2) is 24.8 Å². The van der Waals surface area contributed by atoms with E-state index in [0.29, 0.717) is 36.0 Å². The van der Waals surface area contributed by atoms with Crippen molar-refractivity contribution in [2.75, 3.05) is 19.8 Å². The maximum absolute atomic E-state index is 12.6. The van der Waals surface area contributed by atoms with Gasteiger partial charge < -0.3 is 14.2 Å². The maximum Gasteiger partial charge on any atom is 0.416 e. The van der Waals surface area contributed by atoms with Gasteiger partial charge in [-0.1, -0.05) is 34.8 Å². The summed E-state index contributed by atoms with van der Waals surface area (Å²) in [6.07, 6.45) is -0.686. The third-order valence-electron chi connectivity index (χ3n) is 3.45. The van der Waals surface area contributed by atoms with Gasteiger partial charge in [-0.3, -0.25) is 0 Å².